The fourth-order valence-electron chi connectivity index (χ4n) is 3.17. The Kier molecular flexibility index (Phi) is 4.33. The molecule has 4 nitrogen and oxygen atoms in total. The molecule has 4 heteroatoms. The average molecular weight is 274 g/mol. The molecule has 20 heavy (non-hydrogen) atoms. The number of amides is 1. The second-order valence-electron chi connectivity index (χ2n) is 5.59. The van der Waals surface area contributed by atoms with Crippen LogP contribution in [0.3, 0.4) is 0 Å². The van der Waals surface area contributed by atoms with Crippen molar-refractivity contribution in [3.63, 3.8) is 0 Å². The van der Waals surface area contributed by atoms with E-state index < -0.39 is 0 Å². The smallest absolute Gasteiger partial charge is 0.224 e. The standard InChI is InChI=1S/C16H22N2O2/c19-16(11-14-12-20-10-8-17-14)18-9-4-7-15(18)13-5-2-1-3-6-13/h1-3,5-6,14-15,17H,4,7-12H2. The zero-order valence-corrected chi connectivity index (χ0v) is 11.8. The molecule has 108 valence electrons. The molecular weight excluding hydrogens is 252 g/mol. The first-order chi connectivity index (χ1) is 9.84. The van der Waals surface area contributed by atoms with Gasteiger partial charge in [-0.2, -0.15) is 0 Å². The molecule has 2 saturated heterocycles. The Labute approximate surface area is 120 Å². The molecule has 2 aliphatic rings. The van der Waals surface area contributed by atoms with Crippen molar-refractivity contribution in [3.05, 3.63) is 35.9 Å². The molecule has 2 heterocycles. The highest BCUT2D eigenvalue weighted by atomic mass is 16.5. The summed E-state index contributed by atoms with van der Waals surface area (Å²) >= 11 is 0. The van der Waals surface area contributed by atoms with Crippen molar-refractivity contribution in [1.82, 2.24) is 10.2 Å². The Hall–Kier alpha value is -1.39. The van der Waals surface area contributed by atoms with E-state index in [9.17, 15) is 4.79 Å². The van der Waals surface area contributed by atoms with Crippen LogP contribution in [0, 0.1) is 0 Å². The van der Waals surface area contributed by atoms with Gasteiger partial charge in [0.2, 0.25) is 5.91 Å². The highest BCUT2D eigenvalue weighted by Crippen LogP contribution is 2.32. The summed E-state index contributed by atoms with van der Waals surface area (Å²) in [5.41, 5.74) is 1.26. The quantitative estimate of drug-likeness (QED) is 0.912. The molecule has 2 atom stereocenters. The van der Waals surface area contributed by atoms with Crippen LogP contribution in [0.5, 0.6) is 0 Å². The predicted molar refractivity (Wildman–Crippen MR) is 77.4 cm³/mol. The van der Waals surface area contributed by atoms with Crippen LogP contribution in [0.4, 0.5) is 0 Å². The van der Waals surface area contributed by atoms with E-state index in [1.165, 1.54) is 5.56 Å². The Morgan fingerprint density at radius 3 is 2.95 bits per heavy atom. The molecule has 2 aliphatic heterocycles. The molecule has 3 rings (SSSR count). The van der Waals surface area contributed by atoms with Gasteiger partial charge in [0.1, 0.15) is 0 Å². The fraction of sp³-hybridized carbons (Fsp3) is 0.562. The van der Waals surface area contributed by atoms with E-state index in [0.717, 1.165) is 32.5 Å². The molecule has 0 aromatic heterocycles. The summed E-state index contributed by atoms with van der Waals surface area (Å²) in [5, 5.41) is 3.36. The third kappa shape index (κ3) is 3.02. The van der Waals surface area contributed by atoms with Gasteiger partial charge in [-0.3, -0.25) is 4.79 Å². The van der Waals surface area contributed by atoms with Crippen LogP contribution < -0.4 is 5.32 Å². The lowest BCUT2D eigenvalue weighted by Crippen LogP contribution is -2.45. The van der Waals surface area contributed by atoms with Gasteiger partial charge in [0, 0.05) is 25.6 Å². The maximum Gasteiger partial charge on any atom is 0.224 e. The van der Waals surface area contributed by atoms with Gasteiger partial charge in [0.25, 0.3) is 0 Å². The topological polar surface area (TPSA) is 41.6 Å². The number of benzene rings is 1. The summed E-state index contributed by atoms with van der Waals surface area (Å²) in [6.07, 6.45) is 2.72. The van der Waals surface area contributed by atoms with Gasteiger partial charge >= 0.3 is 0 Å². The van der Waals surface area contributed by atoms with Crippen LogP contribution in [0.1, 0.15) is 30.9 Å². The minimum absolute atomic E-state index is 0.174. The second kappa shape index (κ2) is 6.37. The molecule has 1 aromatic rings. The summed E-state index contributed by atoms with van der Waals surface area (Å²) in [6, 6.07) is 10.8. The van der Waals surface area contributed by atoms with Crippen molar-refractivity contribution in [1.29, 1.82) is 0 Å². The molecule has 0 radical (unpaired) electrons. The SMILES string of the molecule is O=C(CC1COCCN1)N1CCCC1c1ccccc1. The van der Waals surface area contributed by atoms with Crippen LogP contribution in [0.25, 0.3) is 0 Å². The second-order valence-corrected chi connectivity index (χ2v) is 5.59. The summed E-state index contributed by atoms with van der Waals surface area (Å²) in [7, 11) is 0. The maximum absolute atomic E-state index is 12.5. The molecule has 1 N–H and O–H groups in total. The van der Waals surface area contributed by atoms with E-state index in [1.54, 1.807) is 0 Å². The molecular formula is C16H22N2O2. The highest BCUT2D eigenvalue weighted by Gasteiger charge is 2.31. The lowest BCUT2D eigenvalue weighted by molar-refractivity contribution is -0.133. The first-order valence-corrected chi connectivity index (χ1v) is 7.50. The summed E-state index contributed by atoms with van der Waals surface area (Å²) in [6.45, 7) is 3.13. The van der Waals surface area contributed by atoms with Crippen LogP contribution in [-0.2, 0) is 9.53 Å². The van der Waals surface area contributed by atoms with Crippen molar-refractivity contribution in [2.24, 2.45) is 0 Å². The zero-order chi connectivity index (χ0) is 13.8. The number of likely N-dealkylation sites (tertiary alicyclic amines) is 1. The van der Waals surface area contributed by atoms with Gasteiger partial charge in [0.05, 0.1) is 19.3 Å². The first kappa shape index (κ1) is 13.6. The van der Waals surface area contributed by atoms with Gasteiger partial charge in [-0.05, 0) is 18.4 Å². The lowest BCUT2D eigenvalue weighted by atomic mass is 10.0. The van der Waals surface area contributed by atoms with Crippen molar-refractivity contribution in [2.75, 3.05) is 26.3 Å². The largest absolute Gasteiger partial charge is 0.378 e. The third-order valence-electron chi connectivity index (χ3n) is 4.18. The predicted octanol–water partition coefficient (Wildman–Crippen LogP) is 1.73. The lowest BCUT2D eigenvalue weighted by Gasteiger charge is -2.29. The Morgan fingerprint density at radius 1 is 1.35 bits per heavy atom. The molecule has 0 saturated carbocycles. The molecule has 1 amide bonds. The molecule has 2 unspecified atom stereocenters. The molecule has 0 aliphatic carbocycles. The minimum atomic E-state index is 0.174. The summed E-state index contributed by atoms with van der Waals surface area (Å²) in [4.78, 5) is 14.6. The summed E-state index contributed by atoms with van der Waals surface area (Å²) in [5.74, 6) is 0.249. The Balaban J connectivity index is 1.64. The van der Waals surface area contributed by atoms with Crippen molar-refractivity contribution < 1.29 is 9.53 Å². The number of carbonyl (C=O) groups excluding carboxylic acids is 1. The normalized spacial score (nSPS) is 26.7. The van der Waals surface area contributed by atoms with Gasteiger partial charge < -0.3 is 15.0 Å². The number of hydrogen-bond acceptors (Lipinski definition) is 3. The number of morpholine rings is 1. The van der Waals surface area contributed by atoms with Crippen LogP contribution in [0.15, 0.2) is 30.3 Å². The number of hydrogen-bond donors (Lipinski definition) is 1. The zero-order valence-electron chi connectivity index (χ0n) is 11.8. The van der Waals surface area contributed by atoms with E-state index in [-0.39, 0.29) is 18.0 Å². The van der Waals surface area contributed by atoms with Gasteiger partial charge in [0.15, 0.2) is 0 Å². The van der Waals surface area contributed by atoms with E-state index in [2.05, 4.69) is 17.4 Å². The first-order valence-electron chi connectivity index (χ1n) is 7.50. The highest BCUT2D eigenvalue weighted by molar-refractivity contribution is 5.77. The average Bonchev–Trinajstić information content (AvgIpc) is 2.99. The van der Waals surface area contributed by atoms with Crippen LogP contribution in [-0.4, -0.2) is 43.2 Å². The molecule has 0 spiro atoms. The van der Waals surface area contributed by atoms with E-state index in [4.69, 9.17) is 4.74 Å². The Bertz CT molecular complexity index is 443. The number of nitrogens with one attached hydrogen (secondary N) is 1. The molecule has 0 bridgehead atoms. The van der Waals surface area contributed by atoms with Crippen molar-refractivity contribution >= 4 is 5.91 Å². The van der Waals surface area contributed by atoms with E-state index in [1.807, 2.05) is 23.1 Å². The number of carbonyl (C=O) groups is 1. The number of nitrogens with zero attached hydrogens (tertiary/aromatic N) is 1. The van der Waals surface area contributed by atoms with E-state index >= 15 is 0 Å². The number of ether oxygens (including phenoxy) is 1. The van der Waals surface area contributed by atoms with Crippen LogP contribution in [0.2, 0.25) is 0 Å². The summed E-state index contributed by atoms with van der Waals surface area (Å²) < 4.78 is 5.42. The van der Waals surface area contributed by atoms with Crippen molar-refractivity contribution in [2.45, 2.75) is 31.3 Å². The van der Waals surface area contributed by atoms with E-state index in [0.29, 0.717) is 13.0 Å². The minimum Gasteiger partial charge on any atom is -0.378 e. The Morgan fingerprint density at radius 2 is 2.20 bits per heavy atom. The third-order valence-corrected chi connectivity index (χ3v) is 4.18. The fourth-order valence-corrected chi connectivity index (χ4v) is 3.17. The van der Waals surface area contributed by atoms with Gasteiger partial charge in [-0.25, -0.2) is 0 Å². The molecule has 2 fully saturated rings. The van der Waals surface area contributed by atoms with Gasteiger partial charge in [-0.15, -0.1) is 0 Å². The van der Waals surface area contributed by atoms with Crippen molar-refractivity contribution in [3.8, 4) is 0 Å². The molecule has 1 aromatic carbocycles. The monoisotopic (exact) mass is 274 g/mol. The number of rotatable bonds is 3. The van der Waals surface area contributed by atoms with Gasteiger partial charge in [-0.1, -0.05) is 30.3 Å². The maximum atomic E-state index is 12.5. The van der Waals surface area contributed by atoms with Crippen LogP contribution >= 0.6 is 0 Å².